The number of halogens is 9. The molecule has 0 saturated heterocycles. The zero-order chi connectivity index (χ0) is 34.1. The molecule has 0 fully saturated rings. The van der Waals surface area contributed by atoms with E-state index in [1.165, 1.54) is 84.9 Å². The summed E-state index contributed by atoms with van der Waals surface area (Å²) in [5.74, 6) is -20.7. The van der Waals surface area contributed by atoms with E-state index in [1.807, 2.05) is 0 Å². The van der Waals surface area contributed by atoms with Crippen molar-refractivity contribution in [2.45, 2.75) is 90.0 Å². The van der Waals surface area contributed by atoms with E-state index in [2.05, 4.69) is 0 Å². The molecule has 250 valence electrons. The van der Waals surface area contributed by atoms with Crippen LogP contribution in [0.2, 0.25) is 0 Å². The fourth-order valence-corrected chi connectivity index (χ4v) is 9.38. The lowest BCUT2D eigenvalue weighted by molar-refractivity contribution is -0.359. The minimum Gasteiger partial charge on any atom is -0.488 e. The highest BCUT2D eigenvalue weighted by Crippen LogP contribution is 2.71. The van der Waals surface area contributed by atoms with Crippen molar-refractivity contribution in [2.24, 2.45) is 0 Å². The second-order valence-electron chi connectivity index (χ2n) is 10.9. The van der Waals surface area contributed by atoms with Crippen LogP contribution in [-0.2, 0) is 13.7 Å². The fourth-order valence-electron chi connectivity index (χ4n) is 4.16. The summed E-state index contributed by atoms with van der Waals surface area (Å²) >= 11 is 0. The minimum atomic E-state index is -7.34. The van der Waals surface area contributed by atoms with Gasteiger partial charge in [-0.25, -0.2) is 8.02 Å². The van der Waals surface area contributed by atoms with Gasteiger partial charge in [0.05, 0.1) is 0 Å². The van der Waals surface area contributed by atoms with E-state index < -0.39 is 68.1 Å². The smallest absolute Gasteiger partial charge is 0.439 e. The lowest BCUT2D eigenvalue weighted by Gasteiger charge is -2.42. The Morgan fingerprint density at radius 3 is 1.49 bits per heavy atom. The Balaban J connectivity index is 2.30. The maximum Gasteiger partial charge on any atom is 0.439 e. The van der Waals surface area contributed by atoms with Gasteiger partial charge in [0.1, 0.15) is 11.4 Å². The highest BCUT2D eigenvalue weighted by Gasteiger charge is 2.86. The lowest BCUT2D eigenvalue weighted by Crippen LogP contribution is -2.66. The van der Waals surface area contributed by atoms with Crippen LogP contribution in [0.25, 0.3) is 0 Å². The van der Waals surface area contributed by atoms with Crippen molar-refractivity contribution < 1.29 is 56.3 Å². The summed E-state index contributed by atoms with van der Waals surface area (Å²) in [4.78, 5) is -0.507. The zero-order valence-electron chi connectivity index (χ0n) is 24.4. The predicted octanol–water partition coefficient (Wildman–Crippen LogP) is 10.0. The largest absolute Gasteiger partial charge is 0.488 e. The van der Waals surface area contributed by atoms with Gasteiger partial charge in [0, 0.05) is 14.7 Å². The average molecular weight is 691 g/mol. The van der Waals surface area contributed by atoms with E-state index in [1.54, 1.807) is 20.8 Å². The first-order valence-electron chi connectivity index (χ1n) is 13.4. The molecule has 0 amide bonds. The third-order valence-corrected chi connectivity index (χ3v) is 11.6. The molecule has 0 radical (unpaired) electrons. The topological polar surface area (TPSA) is 52.6 Å². The predicted molar refractivity (Wildman–Crippen MR) is 152 cm³/mol. The van der Waals surface area contributed by atoms with Gasteiger partial charge in [-0.1, -0.05) is 49.7 Å². The first-order valence-corrected chi connectivity index (χ1v) is 16.4. The Bertz CT molecular complexity index is 1490. The van der Waals surface area contributed by atoms with E-state index >= 15 is 8.78 Å². The van der Waals surface area contributed by atoms with Crippen molar-refractivity contribution in [3.8, 4) is 5.75 Å². The monoisotopic (exact) mass is 690 g/mol. The highest BCUT2D eigenvalue weighted by atomic mass is 32.3. The molecule has 3 rings (SSSR count). The molecular formula is C30H31F9O4S2. The van der Waals surface area contributed by atoms with Gasteiger partial charge < -0.3 is 4.74 Å². The number of alkyl halides is 9. The summed E-state index contributed by atoms with van der Waals surface area (Å²) in [6.45, 7) is 6.21. The van der Waals surface area contributed by atoms with Crippen LogP contribution in [-0.4, -0.2) is 43.2 Å². The molecule has 0 spiro atoms. The molecule has 0 heterocycles. The fraction of sp³-hybridized carbons (Fsp3) is 0.400. The molecule has 0 bridgehead atoms. The average Bonchev–Trinajstić information content (AvgIpc) is 2.96. The van der Waals surface area contributed by atoms with E-state index in [9.17, 15) is 39.2 Å². The molecule has 0 aliphatic rings. The second kappa shape index (κ2) is 12.7. The molecule has 45 heavy (non-hydrogen) atoms. The van der Waals surface area contributed by atoms with E-state index in [0.29, 0.717) is 0 Å². The Kier molecular flexibility index (Phi) is 10.3. The summed E-state index contributed by atoms with van der Waals surface area (Å²) in [7, 11) is -11.3. The van der Waals surface area contributed by atoms with Crippen molar-refractivity contribution in [3.05, 3.63) is 84.9 Å². The molecule has 1 unspecified atom stereocenters. The Labute approximate surface area is 257 Å². The summed E-state index contributed by atoms with van der Waals surface area (Å²) in [5.41, 5.74) is -0.708. The Morgan fingerprint density at radius 1 is 0.667 bits per heavy atom. The summed E-state index contributed by atoms with van der Waals surface area (Å²) in [5, 5.41) is -6.99. The van der Waals surface area contributed by atoms with Crippen molar-refractivity contribution in [2.75, 3.05) is 0 Å². The maximum atomic E-state index is 15.4. The lowest BCUT2D eigenvalue weighted by atomic mass is 9.98. The van der Waals surface area contributed by atoms with Gasteiger partial charge in [-0.2, -0.15) is 43.5 Å². The van der Waals surface area contributed by atoms with Gasteiger partial charge in [-0.15, -0.1) is 0 Å². The third-order valence-electron chi connectivity index (χ3n) is 6.35. The molecule has 0 N–H and O–H groups in total. The second-order valence-corrected chi connectivity index (χ2v) is 15.4. The van der Waals surface area contributed by atoms with Gasteiger partial charge in [-0.05, 0) is 86.0 Å². The number of hydrogen-bond acceptors (Lipinski definition) is 4. The highest BCUT2D eigenvalue weighted by molar-refractivity contribution is 8.33. The number of ether oxygens (including phenoxy) is 1. The van der Waals surface area contributed by atoms with Crippen LogP contribution in [0.5, 0.6) is 5.75 Å². The summed E-state index contributed by atoms with van der Waals surface area (Å²) in [6.07, 6.45) is -5.91. The van der Waals surface area contributed by atoms with Gasteiger partial charge in [0.15, 0.2) is 6.17 Å². The molecule has 0 aliphatic carbocycles. The van der Waals surface area contributed by atoms with Crippen LogP contribution < -0.4 is 4.74 Å². The van der Waals surface area contributed by atoms with E-state index in [0.717, 1.165) is 6.92 Å². The summed E-state index contributed by atoms with van der Waals surface area (Å²) < 4.78 is 170. The van der Waals surface area contributed by atoms with Crippen LogP contribution in [0.4, 0.5) is 39.5 Å². The van der Waals surface area contributed by atoms with Crippen LogP contribution in [0.3, 0.4) is 0 Å². The number of benzene rings is 3. The van der Waals surface area contributed by atoms with Crippen molar-refractivity contribution in [1.29, 1.82) is 0 Å². The Morgan fingerprint density at radius 2 is 1.09 bits per heavy atom. The first kappa shape index (κ1) is 36.6. The molecule has 0 aromatic heterocycles. The van der Waals surface area contributed by atoms with Crippen LogP contribution in [0.15, 0.2) is 99.6 Å². The van der Waals surface area contributed by atoms with Crippen LogP contribution in [0.1, 0.15) is 40.5 Å². The van der Waals surface area contributed by atoms with E-state index in [-0.39, 0.29) is 20.4 Å². The van der Waals surface area contributed by atoms with Gasteiger partial charge in [-0.3, -0.25) is 0 Å². The quantitative estimate of drug-likeness (QED) is 0.168. The van der Waals surface area contributed by atoms with Gasteiger partial charge in [0.2, 0.25) is 0 Å². The minimum absolute atomic E-state index is 0.160. The normalized spacial score (nSPS) is 15.0. The number of hydrogen-bond donors (Lipinski definition) is 0. The van der Waals surface area contributed by atoms with Crippen molar-refractivity contribution in [1.82, 2.24) is 0 Å². The van der Waals surface area contributed by atoms with Crippen molar-refractivity contribution >= 4 is 20.4 Å². The van der Waals surface area contributed by atoms with Crippen molar-refractivity contribution in [3.63, 3.8) is 0 Å². The van der Waals surface area contributed by atoms with Gasteiger partial charge >= 0.3 is 33.1 Å². The molecule has 3 aromatic carbocycles. The SMILES string of the molecule is CCCC(F)C(F)(F)C(F)(F)C(F)(F)C(F)(F)S(=O)(=O)OS(c1ccccc1)(c1ccccc1)c1ccc(OC(C)(C)C)cc1. The van der Waals surface area contributed by atoms with Crippen LogP contribution >= 0.6 is 10.3 Å². The van der Waals surface area contributed by atoms with Gasteiger partial charge in [0.25, 0.3) is 0 Å². The molecule has 4 nitrogen and oxygen atoms in total. The molecule has 3 aromatic rings. The third kappa shape index (κ3) is 6.66. The van der Waals surface area contributed by atoms with E-state index in [4.69, 9.17) is 8.37 Å². The summed E-state index contributed by atoms with van der Waals surface area (Å²) in [6, 6.07) is 18.3. The molecule has 15 heteroatoms. The maximum absolute atomic E-state index is 15.4. The first-order chi connectivity index (χ1) is 20.6. The molecule has 0 saturated carbocycles. The zero-order valence-corrected chi connectivity index (χ0v) is 26.1. The number of rotatable bonds is 13. The molecule has 1 atom stereocenters. The molecular weight excluding hydrogens is 659 g/mol. The molecule has 0 aliphatic heterocycles. The standard InChI is InChI=1S/C30H31F9O4S2/c1-5-12-25(31)27(32,33)28(34,35)29(36,37)30(38,39)45(40,41)43-44(22-13-8-6-9-14-22,23-15-10-7-11-16-23)24-19-17-21(18-20-24)42-26(2,3)4/h6-11,13-20,25H,5,12H2,1-4H3. The Hall–Kier alpha value is -2.91. The van der Waals surface area contributed by atoms with Crippen LogP contribution in [0, 0.1) is 0 Å².